The van der Waals surface area contributed by atoms with Crippen LogP contribution in [0.25, 0.3) is 5.69 Å². The molecular weight excluding hydrogens is 333 g/mol. The van der Waals surface area contributed by atoms with E-state index in [9.17, 15) is 9.18 Å². The molecule has 0 aliphatic rings. The maximum Gasteiger partial charge on any atom is 0.262 e. The van der Waals surface area contributed by atoms with E-state index in [1.165, 1.54) is 18.2 Å². The van der Waals surface area contributed by atoms with Gasteiger partial charge in [0.2, 0.25) is 0 Å². The summed E-state index contributed by atoms with van der Waals surface area (Å²) in [6.07, 6.45) is 5.21. The van der Waals surface area contributed by atoms with Crippen molar-refractivity contribution in [3.05, 3.63) is 72.0 Å². The first-order chi connectivity index (χ1) is 11.6. The van der Waals surface area contributed by atoms with Gasteiger partial charge >= 0.3 is 0 Å². The van der Waals surface area contributed by atoms with Gasteiger partial charge in [0.05, 0.1) is 11.3 Å². The highest BCUT2D eigenvalue weighted by molar-refractivity contribution is 6.30. The third-order valence-electron chi connectivity index (χ3n) is 3.21. The number of nitrogens with one attached hydrogen (secondary N) is 1. The molecule has 0 fully saturated rings. The first-order valence-corrected chi connectivity index (χ1v) is 7.46. The number of hydrogen-bond donors (Lipinski definition) is 1. The van der Waals surface area contributed by atoms with Gasteiger partial charge in [-0.1, -0.05) is 11.6 Å². The molecule has 1 aromatic heterocycles. The van der Waals surface area contributed by atoms with E-state index >= 15 is 0 Å². The zero-order chi connectivity index (χ0) is 16.9. The molecule has 0 saturated heterocycles. The minimum Gasteiger partial charge on any atom is -0.484 e. The van der Waals surface area contributed by atoms with Crippen LogP contribution in [0.2, 0.25) is 5.02 Å². The Labute approximate surface area is 142 Å². The highest BCUT2D eigenvalue weighted by Crippen LogP contribution is 2.21. The summed E-state index contributed by atoms with van der Waals surface area (Å²) in [5.74, 6) is -0.538. The van der Waals surface area contributed by atoms with Crippen LogP contribution in [0.3, 0.4) is 0 Å². The van der Waals surface area contributed by atoms with Crippen molar-refractivity contribution >= 4 is 23.2 Å². The van der Waals surface area contributed by atoms with Crippen LogP contribution in [0.15, 0.2) is 61.2 Å². The van der Waals surface area contributed by atoms with E-state index in [0.29, 0.717) is 11.4 Å². The first-order valence-electron chi connectivity index (χ1n) is 7.08. The number of benzene rings is 2. The number of halogens is 2. The maximum absolute atomic E-state index is 13.0. The summed E-state index contributed by atoms with van der Waals surface area (Å²) in [7, 11) is 0. The Balaban J connectivity index is 1.55. The third-order valence-corrected chi connectivity index (χ3v) is 3.50. The van der Waals surface area contributed by atoms with Crippen molar-refractivity contribution in [1.29, 1.82) is 0 Å². The largest absolute Gasteiger partial charge is 0.484 e. The lowest BCUT2D eigenvalue weighted by Crippen LogP contribution is -2.20. The van der Waals surface area contributed by atoms with Crippen LogP contribution in [-0.2, 0) is 4.79 Å². The minimum absolute atomic E-state index is 0.0528. The molecule has 0 unspecified atom stereocenters. The topological polar surface area (TPSA) is 56.1 Å². The number of ether oxygens (including phenoxy) is 1. The van der Waals surface area contributed by atoms with Crippen molar-refractivity contribution in [1.82, 2.24) is 9.55 Å². The van der Waals surface area contributed by atoms with Crippen molar-refractivity contribution < 1.29 is 13.9 Å². The second kappa shape index (κ2) is 7.14. The Hall–Kier alpha value is -2.86. The lowest BCUT2D eigenvalue weighted by molar-refractivity contribution is -0.118. The molecule has 0 aliphatic carbocycles. The van der Waals surface area contributed by atoms with Gasteiger partial charge in [-0.2, -0.15) is 0 Å². The molecule has 3 aromatic rings. The molecule has 1 heterocycles. The summed E-state index contributed by atoms with van der Waals surface area (Å²) < 4.78 is 20.2. The molecule has 0 spiro atoms. The molecule has 7 heteroatoms. The second-order valence-corrected chi connectivity index (χ2v) is 5.34. The number of carbonyl (C=O) groups excluding carboxylic acids is 1. The molecule has 5 nitrogen and oxygen atoms in total. The van der Waals surface area contributed by atoms with E-state index in [1.807, 2.05) is 22.9 Å². The van der Waals surface area contributed by atoms with Crippen LogP contribution < -0.4 is 10.1 Å². The predicted molar refractivity (Wildman–Crippen MR) is 89.1 cm³/mol. The summed E-state index contributed by atoms with van der Waals surface area (Å²) >= 11 is 5.65. The predicted octanol–water partition coefficient (Wildman–Crippen LogP) is 3.68. The molecule has 1 amide bonds. The molecule has 1 N–H and O–H groups in total. The van der Waals surface area contributed by atoms with Crippen LogP contribution in [-0.4, -0.2) is 22.1 Å². The van der Waals surface area contributed by atoms with Crippen LogP contribution >= 0.6 is 11.6 Å². The van der Waals surface area contributed by atoms with E-state index in [4.69, 9.17) is 16.3 Å². The zero-order valence-electron chi connectivity index (χ0n) is 12.4. The maximum atomic E-state index is 13.0. The van der Waals surface area contributed by atoms with E-state index in [1.54, 1.807) is 24.7 Å². The van der Waals surface area contributed by atoms with Gasteiger partial charge in [-0.3, -0.25) is 4.79 Å². The molecule has 0 radical (unpaired) electrons. The Morgan fingerprint density at radius 2 is 2.04 bits per heavy atom. The highest BCUT2D eigenvalue weighted by atomic mass is 35.5. The van der Waals surface area contributed by atoms with Gasteiger partial charge in [-0.15, -0.1) is 0 Å². The van der Waals surface area contributed by atoms with Crippen molar-refractivity contribution in [2.45, 2.75) is 0 Å². The fourth-order valence-corrected chi connectivity index (χ4v) is 2.21. The second-order valence-electron chi connectivity index (χ2n) is 4.93. The van der Waals surface area contributed by atoms with Crippen molar-refractivity contribution in [2.24, 2.45) is 0 Å². The van der Waals surface area contributed by atoms with Gasteiger partial charge in [0.1, 0.15) is 11.6 Å². The summed E-state index contributed by atoms with van der Waals surface area (Å²) in [6, 6.07) is 11.2. The highest BCUT2D eigenvalue weighted by Gasteiger charge is 2.06. The molecule has 2 aromatic carbocycles. The summed E-state index contributed by atoms with van der Waals surface area (Å²) in [6.45, 7) is -0.203. The fraction of sp³-hybridized carbons (Fsp3) is 0.0588. The average Bonchev–Trinajstić information content (AvgIpc) is 3.11. The third kappa shape index (κ3) is 3.91. The Bertz CT molecular complexity index is 836. The fourth-order valence-electron chi connectivity index (χ4n) is 2.04. The normalized spacial score (nSPS) is 10.4. The smallest absolute Gasteiger partial charge is 0.262 e. The molecule has 122 valence electrons. The van der Waals surface area contributed by atoms with Crippen LogP contribution in [0.5, 0.6) is 5.75 Å². The van der Waals surface area contributed by atoms with Gasteiger partial charge in [0.25, 0.3) is 5.91 Å². The molecule has 24 heavy (non-hydrogen) atoms. The number of carbonyl (C=O) groups is 1. The molecule has 0 saturated carbocycles. The summed E-state index contributed by atoms with van der Waals surface area (Å²) in [5.41, 5.74) is 1.58. The molecule has 0 atom stereocenters. The lowest BCUT2D eigenvalue weighted by atomic mass is 10.2. The SMILES string of the molecule is O=C(COc1ccc(F)c(Cl)c1)Nc1ccc(-n2ccnc2)cc1. The van der Waals surface area contributed by atoms with Crippen LogP contribution in [0.1, 0.15) is 0 Å². The van der Waals surface area contributed by atoms with Crippen molar-refractivity contribution in [3.8, 4) is 11.4 Å². The summed E-state index contributed by atoms with van der Waals surface area (Å²) in [5, 5.41) is 2.66. The zero-order valence-corrected chi connectivity index (χ0v) is 13.2. The van der Waals surface area contributed by atoms with Crippen molar-refractivity contribution in [2.75, 3.05) is 11.9 Å². The van der Waals surface area contributed by atoms with Crippen LogP contribution in [0.4, 0.5) is 10.1 Å². The van der Waals surface area contributed by atoms with Crippen molar-refractivity contribution in [3.63, 3.8) is 0 Å². The molecule has 0 aliphatic heterocycles. The van der Waals surface area contributed by atoms with Crippen LogP contribution in [0, 0.1) is 5.82 Å². The molecule has 0 bridgehead atoms. The Morgan fingerprint density at radius 3 is 2.71 bits per heavy atom. The van der Waals surface area contributed by atoms with Gasteiger partial charge < -0.3 is 14.6 Å². The lowest BCUT2D eigenvalue weighted by Gasteiger charge is -2.09. The number of aromatic nitrogens is 2. The molecular formula is C17H13ClFN3O2. The number of imidazole rings is 1. The minimum atomic E-state index is -0.536. The monoisotopic (exact) mass is 345 g/mol. The quantitative estimate of drug-likeness (QED) is 0.767. The number of rotatable bonds is 5. The van der Waals surface area contributed by atoms with E-state index in [-0.39, 0.29) is 17.5 Å². The number of amides is 1. The number of hydrogen-bond acceptors (Lipinski definition) is 3. The number of anilines is 1. The Morgan fingerprint density at radius 1 is 1.25 bits per heavy atom. The van der Waals surface area contributed by atoms with Gasteiger partial charge in [0, 0.05) is 29.8 Å². The standard InChI is InChI=1S/C17H13ClFN3O2/c18-15-9-14(5-6-16(15)19)24-10-17(23)21-12-1-3-13(4-2-12)22-8-7-20-11-22/h1-9,11H,10H2,(H,21,23). The van der Waals surface area contributed by atoms with Gasteiger partial charge in [-0.05, 0) is 36.4 Å². The number of nitrogens with zero attached hydrogens (tertiary/aromatic N) is 2. The first kappa shape index (κ1) is 16.0. The van der Waals surface area contributed by atoms with E-state index in [2.05, 4.69) is 10.3 Å². The summed E-state index contributed by atoms with van der Waals surface area (Å²) in [4.78, 5) is 15.9. The average molecular weight is 346 g/mol. The van der Waals surface area contributed by atoms with Gasteiger partial charge in [0.15, 0.2) is 6.61 Å². The molecule has 3 rings (SSSR count). The van der Waals surface area contributed by atoms with E-state index < -0.39 is 5.82 Å². The van der Waals surface area contributed by atoms with Gasteiger partial charge in [-0.25, -0.2) is 9.37 Å². The van der Waals surface area contributed by atoms with E-state index in [0.717, 1.165) is 5.69 Å². The Kier molecular flexibility index (Phi) is 4.77.